The average Bonchev–Trinajstić information content (AvgIpc) is 2.87. The number of fused-ring (bicyclic) bond motifs is 1. The first-order valence-corrected chi connectivity index (χ1v) is 6.94. The molecule has 0 saturated heterocycles. The number of rotatable bonds is 2. The minimum Gasteiger partial charge on any atom is -0.497 e. The monoisotopic (exact) mass is 299 g/mol. The first-order chi connectivity index (χ1) is 10.1. The third-order valence-electron chi connectivity index (χ3n) is 3.51. The molecule has 3 rings (SSSR count). The standard InChI is InChI=1S/C17H14ClNO2/c1-11(20)19-10-16(12-3-5-13(18)6-4-12)15-8-7-14(21-2)9-17(15)19/h3-10H,1-2H3. The molecule has 0 aliphatic heterocycles. The van der Waals surface area contributed by atoms with Crippen molar-refractivity contribution in [3.63, 3.8) is 0 Å². The Kier molecular flexibility index (Phi) is 3.43. The highest BCUT2D eigenvalue weighted by atomic mass is 35.5. The van der Waals surface area contributed by atoms with Gasteiger partial charge in [0.15, 0.2) is 0 Å². The smallest absolute Gasteiger partial charge is 0.227 e. The molecule has 0 N–H and O–H groups in total. The van der Waals surface area contributed by atoms with Crippen LogP contribution in [-0.4, -0.2) is 17.6 Å². The van der Waals surface area contributed by atoms with Crippen LogP contribution in [0.25, 0.3) is 22.0 Å². The number of benzene rings is 2. The lowest BCUT2D eigenvalue weighted by Crippen LogP contribution is -2.02. The molecule has 3 nitrogen and oxygen atoms in total. The highest BCUT2D eigenvalue weighted by molar-refractivity contribution is 6.30. The maximum atomic E-state index is 11.9. The second-order valence-corrected chi connectivity index (χ2v) is 5.26. The van der Waals surface area contributed by atoms with E-state index in [4.69, 9.17) is 16.3 Å². The van der Waals surface area contributed by atoms with Gasteiger partial charge in [-0.2, -0.15) is 0 Å². The first kappa shape index (κ1) is 13.7. The van der Waals surface area contributed by atoms with Gasteiger partial charge in [-0.05, 0) is 29.8 Å². The highest BCUT2D eigenvalue weighted by Crippen LogP contribution is 2.33. The molecule has 1 heterocycles. The van der Waals surface area contributed by atoms with Crippen LogP contribution >= 0.6 is 11.6 Å². The normalized spacial score (nSPS) is 10.8. The van der Waals surface area contributed by atoms with Crippen molar-refractivity contribution in [3.8, 4) is 16.9 Å². The van der Waals surface area contributed by atoms with E-state index in [2.05, 4.69) is 0 Å². The van der Waals surface area contributed by atoms with Crippen molar-refractivity contribution in [1.29, 1.82) is 0 Å². The van der Waals surface area contributed by atoms with Gasteiger partial charge in [0.2, 0.25) is 5.91 Å². The van der Waals surface area contributed by atoms with Crippen LogP contribution in [0.15, 0.2) is 48.7 Å². The van der Waals surface area contributed by atoms with E-state index in [9.17, 15) is 4.79 Å². The third kappa shape index (κ3) is 2.41. The van der Waals surface area contributed by atoms with Gasteiger partial charge in [-0.15, -0.1) is 0 Å². The van der Waals surface area contributed by atoms with Gasteiger partial charge in [0.1, 0.15) is 5.75 Å². The van der Waals surface area contributed by atoms with Gasteiger partial charge in [-0.3, -0.25) is 9.36 Å². The molecule has 0 unspecified atom stereocenters. The van der Waals surface area contributed by atoms with Gasteiger partial charge in [0.25, 0.3) is 0 Å². The predicted molar refractivity (Wildman–Crippen MR) is 85.2 cm³/mol. The number of nitrogens with zero attached hydrogens (tertiary/aromatic N) is 1. The van der Waals surface area contributed by atoms with Crippen LogP contribution in [0.5, 0.6) is 5.75 Å². The van der Waals surface area contributed by atoms with Gasteiger partial charge in [0.05, 0.1) is 12.6 Å². The molecule has 0 spiro atoms. The fourth-order valence-electron chi connectivity index (χ4n) is 2.45. The zero-order valence-electron chi connectivity index (χ0n) is 11.8. The first-order valence-electron chi connectivity index (χ1n) is 6.56. The van der Waals surface area contributed by atoms with Crippen molar-refractivity contribution in [2.24, 2.45) is 0 Å². The Morgan fingerprint density at radius 1 is 1.14 bits per heavy atom. The summed E-state index contributed by atoms with van der Waals surface area (Å²) in [4.78, 5) is 11.9. The van der Waals surface area contributed by atoms with Crippen LogP contribution in [0.4, 0.5) is 0 Å². The number of methoxy groups -OCH3 is 1. The molecule has 3 aromatic rings. The van der Waals surface area contributed by atoms with Crippen LogP contribution in [0.1, 0.15) is 11.7 Å². The summed E-state index contributed by atoms with van der Waals surface area (Å²) in [6.07, 6.45) is 1.86. The number of hydrogen-bond acceptors (Lipinski definition) is 2. The van der Waals surface area contributed by atoms with E-state index >= 15 is 0 Å². The molecular formula is C17H14ClNO2. The Morgan fingerprint density at radius 2 is 1.86 bits per heavy atom. The molecule has 0 radical (unpaired) electrons. The Bertz CT molecular complexity index is 819. The zero-order valence-corrected chi connectivity index (χ0v) is 12.5. The lowest BCUT2D eigenvalue weighted by molar-refractivity contribution is 0.0942. The average molecular weight is 300 g/mol. The minimum absolute atomic E-state index is 0.0338. The van der Waals surface area contributed by atoms with Crippen molar-refractivity contribution in [1.82, 2.24) is 4.57 Å². The van der Waals surface area contributed by atoms with Crippen molar-refractivity contribution in [2.75, 3.05) is 7.11 Å². The van der Waals surface area contributed by atoms with Gasteiger partial charge in [-0.1, -0.05) is 23.7 Å². The number of aromatic nitrogens is 1. The van der Waals surface area contributed by atoms with E-state index in [-0.39, 0.29) is 5.91 Å². The van der Waals surface area contributed by atoms with Gasteiger partial charge < -0.3 is 4.74 Å². The molecule has 21 heavy (non-hydrogen) atoms. The largest absolute Gasteiger partial charge is 0.497 e. The number of ether oxygens (including phenoxy) is 1. The van der Waals surface area contributed by atoms with Crippen LogP contribution in [-0.2, 0) is 0 Å². The highest BCUT2D eigenvalue weighted by Gasteiger charge is 2.13. The Hall–Kier alpha value is -2.26. The summed E-state index contributed by atoms with van der Waals surface area (Å²) in [7, 11) is 1.61. The van der Waals surface area contributed by atoms with E-state index < -0.39 is 0 Å². The predicted octanol–water partition coefficient (Wildman–Crippen LogP) is 4.63. The number of carbonyl (C=O) groups is 1. The fraction of sp³-hybridized carbons (Fsp3) is 0.118. The Balaban J connectivity index is 2.28. The molecule has 0 amide bonds. The second-order valence-electron chi connectivity index (χ2n) is 4.82. The molecule has 0 fully saturated rings. The Labute approximate surface area is 127 Å². The van der Waals surface area contributed by atoms with Gasteiger partial charge in [0, 0.05) is 35.2 Å². The van der Waals surface area contributed by atoms with E-state index in [1.165, 1.54) is 0 Å². The summed E-state index contributed by atoms with van der Waals surface area (Å²) >= 11 is 5.94. The lowest BCUT2D eigenvalue weighted by Gasteiger charge is -2.03. The third-order valence-corrected chi connectivity index (χ3v) is 3.76. The van der Waals surface area contributed by atoms with E-state index in [1.54, 1.807) is 18.6 Å². The molecule has 0 aliphatic carbocycles. The van der Waals surface area contributed by atoms with E-state index in [0.29, 0.717) is 5.02 Å². The van der Waals surface area contributed by atoms with Crippen LogP contribution in [0.3, 0.4) is 0 Å². The Morgan fingerprint density at radius 3 is 2.48 bits per heavy atom. The quantitative estimate of drug-likeness (QED) is 0.691. The zero-order chi connectivity index (χ0) is 15.0. The second kappa shape index (κ2) is 5.26. The van der Waals surface area contributed by atoms with Crippen LogP contribution in [0, 0.1) is 0 Å². The fourth-order valence-corrected chi connectivity index (χ4v) is 2.58. The summed E-state index contributed by atoms with van der Waals surface area (Å²) in [5.41, 5.74) is 2.86. The summed E-state index contributed by atoms with van der Waals surface area (Å²) < 4.78 is 6.89. The van der Waals surface area contributed by atoms with Crippen molar-refractivity contribution in [3.05, 3.63) is 53.7 Å². The van der Waals surface area contributed by atoms with E-state index in [1.807, 2.05) is 48.7 Å². The molecule has 0 aliphatic rings. The van der Waals surface area contributed by atoms with Crippen molar-refractivity contribution in [2.45, 2.75) is 6.92 Å². The minimum atomic E-state index is -0.0338. The summed E-state index contributed by atoms with van der Waals surface area (Å²) in [6.45, 7) is 1.55. The van der Waals surface area contributed by atoms with E-state index in [0.717, 1.165) is 27.8 Å². The molecule has 2 aromatic carbocycles. The van der Waals surface area contributed by atoms with Gasteiger partial charge >= 0.3 is 0 Å². The molecular weight excluding hydrogens is 286 g/mol. The maximum absolute atomic E-state index is 11.9. The van der Waals surface area contributed by atoms with Crippen LogP contribution in [0.2, 0.25) is 5.02 Å². The summed E-state index contributed by atoms with van der Waals surface area (Å²) in [5.74, 6) is 0.694. The molecule has 0 atom stereocenters. The number of halogens is 1. The molecule has 0 bridgehead atoms. The van der Waals surface area contributed by atoms with Gasteiger partial charge in [-0.25, -0.2) is 0 Å². The topological polar surface area (TPSA) is 31.2 Å². The molecule has 0 saturated carbocycles. The lowest BCUT2D eigenvalue weighted by atomic mass is 10.1. The van der Waals surface area contributed by atoms with Crippen molar-refractivity contribution >= 4 is 28.4 Å². The molecule has 1 aromatic heterocycles. The number of hydrogen-bond donors (Lipinski definition) is 0. The summed E-state index contributed by atoms with van der Waals surface area (Å²) in [5, 5.41) is 1.70. The molecule has 106 valence electrons. The molecule has 4 heteroatoms. The summed E-state index contributed by atoms with van der Waals surface area (Å²) in [6, 6.07) is 13.3. The van der Waals surface area contributed by atoms with Crippen molar-refractivity contribution < 1.29 is 9.53 Å². The SMILES string of the molecule is COc1ccc2c(-c3ccc(Cl)cc3)cn(C(C)=O)c2c1. The maximum Gasteiger partial charge on any atom is 0.227 e. The number of carbonyl (C=O) groups excluding carboxylic acids is 1. The van der Waals surface area contributed by atoms with Crippen LogP contribution < -0.4 is 4.74 Å².